The van der Waals surface area contributed by atoms with Crippen LogP contribution in [0.5, 0.6) is 0 Å². The van der Waals surface area contributed by atoms with Crippen molar-refractivity contribution in [1.29, 1.82) is 0 Å². The molecule has 2 fully saturated rings. The number of sulfonamides is 1. The van der Waals surface area contributed by atoms with Crippen molar-refractivity contribution in [3.63, 3.8) is 0 Å². The van der Waals surface area contributed by atoms with Gasteiger partial charge in [-0.05, 0) is 67.5 Å². The summed E-state index contributed by atoms with van der Waals surface area (Å²) in [7, 11) is -3.27. The van der Waals surface area contributed by atoms with Crippen LogP contribution in [0, 0.1) is 0 Å². The smallest absolute Gasteiger partial charge is 0.251 e. The number of amides is 1. The number of rotatable bonds is 7. The average molecular weight is 442 g/mol. The Morgan fingerprint density at radius 3 is 2.00 bits per heavy atom. The van der Waals surface area contributed by atoms with E-state index in [-0.39, 0.29) is 11.7 Å². The van der Waals surface area contributed by atoms with Gasteiger partial charge in [0.2, 0.25) is 10.0 Å². The van der Waals surface area contributed by atoms with Crippen molar-refractivity contribution >= 4 is 21.6 Å². The van der Waals surface area contributed by atoms with E-state index in [0.29, 0.717) is 30.8 Å². The third kappa shape index (κ3) is 5.66. The molecule has 0 aromatic heterocycles. The lowest BCUT2D eigenvalue weighted by Crippen LogP contribution is -2.29. The third-order valence-corrected chi connectivity index (χ3v) is 7.98. The molecule has 0 unspecified atom stereocenters. The highest BCUT2D eigenvalue weighted by molar-refractivity contribution is 7.88. The van der Waals surface area contributed by atoms with Gasteiger partial charge in [0.25, 0.3) is 5.91 Å². The van der Waals surface area contributed by atoms with E-state index in [0.717, 1.165) is 31.5 Å². The first-order valence-electron chi connectivity index (χ1n) is 11.2. The Balaban J connectivity index is 1.29. The molecule has 1 N–H and O–H groups in total. The highest BCUT2D eigenvalue weighted by Crippen LogP contribution is 2.20. The molecule has 0 bridgehead atoms. The van der Waals surface area contributed by atoms with Crippen LogP contribution in [0.15, 0.2) is 48.5 Å². The molecule has 2 aliphatic heterocycles. The van der Waals surface area contributed by atoms with E-state index in [9.17, 15) is 13.2 Å². The minimum absolute atomic E-state index is 0.0156. The summed E-state index contributed by atoms with van der Waals surface area (Å²) in [6.45, 7) is 3.92. The highest BCUT2D eigenvalue weighted by Gasteiger charge is 2.25. The molecule has 31 heavy (non-hydrogen) atoms. The first-order chi connectivity index (χ1) is 15.0. The van der Waals surface area contributed by atoms with E-state index < -0.39 is 10.0 Å². The number of carbonyl (C=O) groups excluding carboxylic acids is 1. The fraction of sp³-hybridized carbons (Fsp3) is 0.458. The Morgan fingerprint density at radius 1 is 0.774 bits per heavy atom. The van der Waals surface area contributed by atoms with Crippen LogP contribution >= 0.6 is 0 Å². The second-order valence-electron chi connectivity index (χ2n) is 8.46. The monoisotopic (exact) mass is 441 g/mol. The molecular formula is C24H31N3O3S. The highest BCUT2D eigenvalue weighted by atomic mass is 32.2. The number of anilines is 1. The second kappa shape index (κ2) is 9.83. The number of hydrogen-bond donors (Lipinski definition) is 1. The Bertz CT molecular complexity index is 976. The Kier molecular flexibility index (Phi) is 6.92. The molecule has 7 heteroatoms. The van der Waals surface area contributed by atoms with E-state index in [1.54, 1.807) is 28.6 Å². The summed E-state index contributed by atoms with van der Waals surface area (Å²) in [6.07, 6.45) is 5.68. The van der Waals surface area contributed by atoms with Gasteiger partial charge >= 0.3 is 0 Å². The number of hydrogen-bond acceptors (Lipinski definition) is 4. The maximum Gasteiger partial charge on any atom is 0.251 e. The second-order valence-corrected chi connectivity index (χ2v) is 10.4. The quantitative estimate of drug-likeness (QED) is 0.714. The molecule has 0 spiro atoms. The van der Waals surface area contributed by atoms with E-state index in [1.165, 1.54) is 24.9 Å². The van der Waals surface area contributed by atoms with Gasteiger partial charge in [-0.15, -0.1) is 0 Å². The third-order valence-electron chi connectivity index (χ3n) is 6.13. The fourth-order valence-electron chi connectivity index (χ4n) is 4.28. The minimum atomic E-state index is -3.27. The molecule has 0 radical (unpaired) electrons. The van der Waals surface area contributed by atoms with Crippen LogP contribution in [0.3, 0.4) is 0 Å². The molecule has 2 aliphatic rings. The van der Waals surface area contributed by atoms with Crippen LogP contribution in [0.4, 0.5) is 5.69 Å². The summed E-state index contributed by atoms with van der Waals surface area (Å²) >= 11 is 0. The molecule has 0 saturated carbocycles. The van der Waals surface area contributed by atoms with Crippen LogP contribution in [-0.2, 0) is 22.3 Å². The van der Waals surface area contributed by atoms with Crippen molar-refractivity contribution in [3.8, 4) is 0 Å². The molecule has 2 heterocycles. The molecule has 4 rings (SSSR count). The maximum atomic E-state index is 12.5. The van der Waals surface area contributed by atoms with Gasteiger partial charge in [-0.1, -0.05) is 24.3 Å². The van der Waals surface area contributed by atoms with Gasteiger partial charge in [0.15, 0.2) is 0 Å². The molecule has 0 atom stereocenters. The lowest BCUT2D eigenvalue weighted by atomic mass is 10.1. The molecular weight excluding hydrogens is 410 g/mol. The Labute approximate surface area is 185 Å². The van der Waals surface area contributed by atoms with Crippen LogP contribution in [0.25, 0.3) is 0 Å². The van der Waals surface area contributed by atoms with E-state index in [2.05, 4.69) is 34.5 Å². The van der Waals surface area contributed by atoms with E-state index in [1.807, 2.05) is 0 Å². The van der Waals surface area contributed by atoms with Gasteiger partial charge in [-0.25, -0.2) is 12.7 Å². The SMILES string of the molecule is O=C(NCc1ccc(N2CCCCC2)cc1)c1ccc(CS(=O)(=O)N2CCCC2)cc1. The summed E-state index contributed by atoms with van der Waals surface area (Å²) in [5, 5.41) is 2.95. The number of nitrogens with zero attached hydrogens (tertiary/aromatic N) is 2. The summed E-state index contributed by atoms with van der Waals surface area (Å²) in [6, 6.07) is 15.2. The first-order valence-corrected chi connectivity index (χ1v) is 12.8. The lowest BCUT2D eigenvalue weighted by molar-refractivity contribution is 0.0951. The zero-order valence-corrected chi connectivity index (χ0v) is 18.7. The topological polar surface area (TPSA) is 69.7 Å². The minimum Gasteiger partial charge on any atom is -0.372 e. The van der Waals surface area contributed by atoms with Gasteiger partial charge in [-0.2, -0.15) is 0 Å². The van der Waals surface area contributed by atoms with Crippen molar-refractivity contribution < 1.29 is 13.2 Å². The number of carbonyl (C=O) groups is 1. The molecule has 2 saturated heterocycles. The number of benzene rings is 2. The van der Waals surface area contributed by atoms with Crippen molar-refractivity contribution in [1.82, 2.24) is 9.62 Å². The summed E-state index contributed by atoms with van der Waals surface area (Å²) in [5.74, 6) is -0.174. The Morgan fingerprint density at radius 2 is 1.35 bits per heavy atom. The molecule has 166 valence electrons. The number of nitrogens with one attached hydrogen (secondary N) is 1. The van der Waals surface area contributed by atoms with Gasteiger partial charge in [-0.3, -0.25) is 4.79 Å². The van der Waals surface area contributed by atoms with E-state index >= 15 is 0 Å². The summed E-state index contributed by atoms with van der Waals surface area (Å²) in [5.41, 5.74) is 3.54. The van der Waals surface area contributed by atoms with Gasteiger partial charge in [0, 0.05) is 44.0 Å². The van der Waals surface area contributed by atoms with Crippen LogP contribution in [0.2, 0.25) is 0 Å². The molecule has 2 aromatic rings. The fourth-order valence-corrected chi connectivity index (χ4v) is 5.89. The van der Waals surface area contributed by atoms with Crippen LogP contribution in [-0.4, -0.2) is 44.8 Å². The predicted octanol–water partition coefficient (Wildman–Crippen LogP) is 3.53. The van der Waals surface area contributed by atoms with E-state index in [4.69, 9.17) is 0 Å². The molecule has 1 amide bonds. The van der Waals surface area contributed by atoms with Gasteiger partial charge in [0.1, 0.15) is 0 Å². The zero-order chi connectivity index (χ0) is 21.7. The normalized spacial score (nSPS) is 17.6. The van der Waals surface area contributed by atoms with Crippen molar-refractivity contribution in [2.24, 2.45) is 0 Å². The Hall–Kier alpha value is -2.38. The van der Waals surface area contributed by atoms with Crippen LogP contribution in [0.1, 0.15) is 53.6 Å². The van der Waals surface area contributed by atoms with Crippen LogP contribution < -0.4 is 10.2 Å². The van der Waals surface area contributed by atoms with Gasteiger partial charge < -0.3 is 10.2 Å². The van der Waals surface area contributed by atoms with Gasteiger partial charge in [0.05, 0.1) is 5.75 Å². The molecule has 2 aromatic carbocycles. The first kappa shape index (κ1) is 21.8. The zero-order valence-electron chi connectivity index (χ0n) is 17.9. The number of piperidine rings is 1. The lowest BCUT2D eigenvalue weighted by Gasteiger charge is -2.28. The standard InChI is InChI=1S/C24H31N3O3S/c28-24(25-18-20-8-12-23(13-9-20)26-14-2-1-3-15-26)22-10-6-21(7-11-22)19-31(29,30)27-16-4-5-17-27/h6-13H,1-5,14-19H2,(H,25,28). The predicted molar refractivity (Wildman–Crippen MR) is 124 cm³/mol. The molecule has 6 nitrogen and oxygen atoms in total. The van der Waals surface area contributed by atoms with Crippen molar-refractivity contribution in [2.45, 2.75) is 44.4 Å². The van der Waals surface area contributed by atoms with Crippen molar-refractivity contribution in [3.05, 3.63) is 65.2 Å². The maximum absolute atomic E-state index is 12.5. The largest absolute Gasteiger partial charge is 0.372 e. The average Bonchev–Trinajstić information content (AvgIpc) is 3.35. The molecule has 0 aliphatic carbocycles. The summed E-state index contributed by atoms with van der Waals surface area (Å²) in [4.78, 5) is 14.9. The summed E-state index contributed by atoms with van der Waals surface area (Å²) < 4.78 is 26.5. The van der Waals surface area contributed by atoms with Crippen molar-refractivity contribution in [2.75, 3.05) is 31.1 Å².